The fourth-order valence-corrected chi connectivity index (χ4v) is 3.76. The van der Waals surface area contributed by atoms with E-state index in [1.54, 1.807) is 0 Å². The molecule has 1 aromatic heterocycles. The molecule has 3 aromatic rings. The van der Waals surface area contributed by atoms with E-state index in [9.17, 15) is 13.2 Å². The normalized spacial score (nSPS) is 13.6. The Morgan fingerprint density at radius 1 is 1.09 bits per heavy atom. The molecule has 0 amide bonds. The predicted octanol–water partition coefficient (Wildman–Crippen LogP) is 4.83. The molecule has 2 aromatic carbocycles. The molecule has 0 spiro atoms. The third kappa shape index (κ3) is 4.89. The Balaban J connectivity index is 1.64. The lowest BCUT2D eigenvalue weighted by molar-refractivity contribution is -0.137. The number of fused-ring (bicyclic) bond motifs is 1. The van der Waals surface area contributed by atoms with Crippen molar-refractivity contribution in [2.24, 2.45) is 0 Å². The summed E-state index contributed by atoms with van der Waals surface area (Å²) in [5.74, 6) is 0.460. The van der Waals surface area contributed by atoms with E-state index < -0.39 is 11.7 Å². The van der Waals surface area contributed by atoms with Crippen LogP contribution < -0.4 is 15.0 Å². The average molecular weight is 465 g/mol. The van der Waals surface area contributed by atoms with E-state index in [4.69, 9.17) is 21.4 Å². The maximum absolute atomic E-state index is 12.9. The molecule has 0 unspecified atom stereocenters. The molecule has 6 nitrogen and oxygen atoms in total. The van der Waals surface area contributed by atoms with Crippen molar-refractivity contribution in [2.45, 2.75) is 19.1 Å². The van der Waals surface area contributed by atoms with Crippen molar-refractivity contribution in [3.05, 3.63) is 70.4 Å². The Labute approximate surface area is 187 Å². The van der Waals surface area contributed by atoms with Crippen LogP contribution in [-0.4, -0.2) is 34.8 Å². The molecule has 0 fully saturated rings. The Morgan fingerprint density at radius 2 is 1.84 bits per heavy atom. The number of aliphatic hydroxyl groups excluding tert-OH is 1. The monoisotopic (exact) mass is 464 g/mol. The zero-order chi connectivity index (χ0) is 22.7. The molecule has 0 saturated carbocycles. The molecular weight excluding hydrogens is 445 g/mol. The van der Waals surface area contributed by atoms with Gasteiger partial charge in [0.15, 0.2) is 0 Å². The van der Waals surface area contributed by atoms with Crippen LogP contribution in [-0.2, 0) is 19.1 Å². The van der Waals surface area contributed by atoms with Crippen LogP contribution in [0.1, 0.15) is 16.8 Å². The highest BCUT2D eigenvalue weighted by Crippen LogP contribution is 2.34. The summed E-state index contributed by atoms with van der Waals surface area (Å²) in [6.07, 6.45) is -3.80. The first-order chi connectivity index (χ1) is 15.3. The molecule has 1 aliphatic rings. The van der Waals surface area contributed by atoms with Crippen LogP contribution in [0.15, 0.2) is 48.5 Å². The quantitative estimate of drug-likeness (QED) is 0.544. The lowest BCUT2D eigenvalue weighted by Gasteiger charge is -2.31. The first kappa shape index (κ1) is 22.2. The number of nitrogens with zero attached hydrogens (tertiary/aromatic N) is 3. The fourth-order valence-electron chi connectivity index (χ4n) is 3.51. The molecule has 32 heavy (non-hydrogen) atoms. The number of alkyl halides is 3. The van der Waals surface area contributed by atoms with Gasteiger partial charge in [0.2, 0.25) is 0 Å². The van der Waals surface area contributed by atoms with Crippen molar-refractivity contribution >= 4 is 28.8 Å². The number of anilines is 3. The van der Waals surface area contributed by atoms with Crippen molar-refractivity contribution in [1.29, 1.82) is 0 Å². The minimum Gasteiger partial charge on any atom is -0.461 e. The SMILES string of the molecule is OCCOc1nc2c(c(Nc3ccc(C(F)(F)F)cc3)n1)CCN(c1ccccc1Cl)C2. The molecule has 2 heterocycles. The Morgan fingerprint density at radius 3 is 2.53 bits per heavy atom. The molecule has 168 valence electrons. The third-order valence-electron chi connectivity index (χ3n) is 5.04. The van der Waals surface area contributed by atoms with Crippen LogP contribution in [0.5, 0.6) is 6.01 Å². The van der Waals surface area contributed by atoms with Gasteiger partial charge in [-0.15, -0.1) is 0 Å². The number of aliphatic hydroxyl groups is 1. The van der Waals surface area contributed by atoms with Gasteiger partial charge in [0.1, 0.15) is 12.4 Å². The van der Waals surface area contributed by atoms with Crippen molar-refractivity contribution < 1.29 is 23.0 Å². The number of ether oxygens (including phenoxy) is 1. The summed E-state index contributed by atoms with van der Waals surface area (Å²) in [6.45, 7) is 0.942. The highest BCUT2D eigenvalue weighted by atomic mass is 35.5. The van der Waals surface area contributed by atoms with Crippen LogP contribution in [0, 0.1) is 0 Å². The van der Waals surface area contributed by atoms with E-state index in [2.05, 4.69) is 20.2 Å². The Bertz CT molecular complexity index is 1090. The molecule has 0 aliphatic carbocycles. The van der Waals surface area contributed by atoms with E-state index in [1.165, 1.54) is 12.1 Å². The van der Waals surface area contributed by atoms with Gasteiger partial charge in [0.05, 0.1) is 35.1 Å². The van der Waals surface area contributed by atoms with Gasteiger partial charge in [-0.25, -0.2) is 0 Å². The number of hydrogen-bond acceptors (Lipinski definition) is 6. The smallest absolute Gasteiger partial charge is 0.416 e. The molecular formula is C22H20ClF3N4O2. The van der Waals surface area contributed by atoms with Gasteiger partial charge in [-0.3, -0.25) is 0 Å². The summed E-state index contributed by atoms with van der Waals surface area (Å²) < 4.78 is 44.0. The second-order valence-electron chi connectivity index (χ2n) is 7.18. The lowest BCUT2D eigenvalue weighted by Crippen LogP contribution is -2.32. The van der Waals surface area contributed by atoms with Gasteiger partial charge in [0, 0.05) is 17.8 Å². The molecule has 4 rings (SSSR count). The molecule has 0 bridgehead atoms. The van der Waals surface area contributed by atoms with Gasteiger partial charge in [0.25, 0.3) is 0 Å². The highest BCUT2D eigenvalue weighted by molar-refractivity contribution is 6.33. The fraction of sp³-hybridized carbons (Fsp3) is 0.273. The number of benzene rings is 2. The zero-order valence-electron chi connectivity index (χ0n) is 16.9. The number of nitrogens with one attached hydrogen (secondary N) is 1. The van der Waals surface area contributed by atoms with Crippen LogP contribution in [0.3, 0.4) is 0 Å². The number of halogens is 4. The number of hydrogen-bond donors (Lipinski definition) is 2. The molecule has 1 aliphatic heterocycles. The summed E-state index contributed by atoms with van der Waals surface area (Å²) in [7, 11) is 0. The Kier molecular flexibility index (Phi) is 6.38. The molecule has 0 atom stereocenters. The molecule has 0 radical (unpaired) electrons. The minimum absolute atomic E-state index is 0.0206. The van der Waals surface area contributed by atoms with Crippen LogP contribution >= 0.6 is 11.6 Å². The van der Waals surface area contributed by atoms with Gasteiger partial charge in [-0.2, -0.15) is 23.1 Å². The summed E-state index contributed by atoms with van der Waals surface area (Å²) >= 11 is 6.35. The van der Waals surface area contributed by atoms with E-state index in [-0.39, 0.29) is 19.2 Å². The molecule has 2 N–H and O–H groups in total. The second-order valence-corrected chi connectivity index (χ2v) is 7.58. The first-order valence-corrected chi connectivity index (χ1v) is 10.3. The number of rotatable bonds is 6. The van der Waals surface area contributed by atoms with Gasteiger partial charge >= 0.3 is 12.2 Å². The third-order valence-corrected chi connectivity index (χ3v) is 5.35. The highest BCUT2D eigenvalue weighted by Gasteiger charge is 2.30. The van der Waals surface area contributed by atoms with Gasteiger partial charge in [-0.05, 0) is 42.8 Å². The van der Waals surface area contributed by atoms with Crippen LogP contribution in [0.2, 0.25) is 5.02 Å². The summed E-state index contributed by atoms with van der Waals surface area (Å²) in [5.41, 5.74) is 2.18. The lowest BCUT2D eigenvalue weighted by atomic mass is 10.0. The van der Waals surface area contributed by atoms with Gasteiger partial charge in [-0.1, -0.05) is 23.7 Å². The maximum Gasteiger partial charge on any atom is 0.416 e. The van der Waals surface area contributed by atoms with Gasteiger partial charge < -0.3 is 20.1 Å². The number of para-hydroxylation sites is 1. The Hall–Kier alpha value is -3.04. The van der Waals surface area contributed by atoms with Crippen molar-refractivity contribution in [2.75, 3.05) is 30.0 Å². The molecule has 10 heteroatoms. The van der Waals surface area contributed by atoms with Crippen molar-refractivity contribution in [3.8, 4) is 6.01 Å². The van der Waals surface area contributed by atoms with E-state index in [1.807, 2.05) is 24.3 Å². The van der Waals surface area contributed by atoms with Crippen LogP contribution in [0.4, 0.5) is 30.4 Å². The summed E-state index contributed by atoms with van der Waals surface area (Å²) in [5, 5.41) is 12.8. The first-order valence-electron chi connectivity index (χ1n) is 9.92. The topological polar surface area (TPSA) is 70.5 Å². The second kappa shape index (κ2) is 9.22. The largest absolute Gasteiger partial charge is 0.461 e. The van der Waals surface area contributed by atoms with E-state index in [0.29, 0.717) is 41.7 Å². The minimum atomic E-state index is -4.40. The summed E-state index contributed by atoms with van der Waals surface area (Å²) in [4.78, 5) is 11.0. The molecule has 0 saturated heterocycles. The van der Waals surface area contributed by atoms with Crippen molar-refractivity contribution in [1.82, 2.24) is 9.97 Å². The van der Waals surface area contributed by atoms with Crippen LogP contribution in [0.25, 0.3) is 0 Å². The number of aromatic nitrogens is 2. The summed E-state index contributed by atoms with van der Waals surface area (Å²) in [6, 6.07) is 12.3. The van der Waals surface area contributed by atoms with E-state index in [0.717, 1.165) is 23.4 Å². The van der Waals surface area contributed by atoms with Crippen molar-refractivity contribution in [3.63, 3.8) is 0 Å². The average Bonchev–Trinajstić information content (AvgIpc) is 2.77. The van der Waals surface area contributed by atoms with E-state index >= 15 is 0 Å². The maximum atomic E-state index is 12.9. The zero-order valence-corrected chi connectivity index (χ0v) is 17.6. The predicted molar refractivity (Wildman–Crippen MR) is 116 cm³/mol. The standard InChI is InChI=1S/C22H20ClF3N4O2/c23-17-3-1-2-4-19(17)30-10-9-16-18(13-30)28-21(32-12-11-31)29-20(16)27-15-7-5-14(6-8-15)22(24,25)26/h1-8,31H,9-13H2,(H,27,28,29).